The summed E-state index contributed by atoms with van der Waals surface area (Å²) in [4.78, 5) is 18.3. The summed E-state index contributed by atoms with van der Waals surface area (Å²) in [5.41, 5.74) is -1.27. The molecular weight excluding hydrogens is 333 g/mol. The molecule has 0 aliphatic carbocycles. The van der Waals surface area contributed by atoms with Crippen molar-refractivity contribution < 1.29 is 13.2 Å². The van der Waals surface area contributed by atoms with Gasteiger partial charge in [0.1, 0.15) is 23.0 Å². The predicted octanol–water partition coefficient (Wildman–Crippen LogP) is 3.46. The molecule has 0 atom stereocenters. The Morgan fingerprint density at radius 2 is 2.04 bits per heavy atom. The number of nitrogens with one attached hydrogen (secondary N) is 3. The number of halogens is 3. The van der Waals surface area contributed by atoms with Crippen molar-refractivity contribution in [2.45, 2.75) is 13.5 Å². The molecule has 0 aliphatic rings. The maximum atomic E-state index is 14.2. The molecule has 3 N–H and O–H groups in total. The molecular formula is C17H15F3N4O. The molecule has 2 rings (SSSR count). The van der Waals surface area contributed by atoms with Gasteiger partial charge in [-0.15, -0.1) is 0 Å². The average molecular weight is 348 g/mol. The van der Waals surface area contributed by atoms with E-state index in [1.807, 2.05) is 0 Å². The second-order valence-corrected chi connectivity index (χ2v) is 5.19. The van der Waals surface area contributed by atoms with Crippen molar-refractivity contribution >= 4 is 17.5 Å². The van der Waals surface area contributed by atoms with Crippen molar-refractivity contribution in [3.8, 4) is 0 Å². The lowest BCUT2D eigenvalue weighted by Gasteiger charge is -2.12. The van der Waals surface area contributed by atoms with Crippen LogP contribution in [-0.4, -0.2) is 16.2 Å². The molecule has 0 spiro atoms. The first-order valence-corrected chi connectivity index (χ1v) is 7.12. The standard InChI is InChI=1S/C17H15F3N4O/c1-8(9(2)18)12-5-4-11(14(19)15(12)20)7-22-16-13(6-21)23-10(3)24-17(16)25/h4-6,21-22H,1-2,7H2,3H3,(H,23,24,25). The normalized spacial score (nSPS) is 10.4. The van der Waals surface area contributed by atoms with Crippen LogP contribution in [0.3, 0.4) is 0 Å². The third-order valence-corrected chi connectivity index (χ3v) is 3.47. The van der Waals surface area contributed by atoms with Crippen LogP contribution in [0.25, 0.3) is 5.57 Å². The molecule has 0 fully saturated rings. The minimum atomic E-state index is -1.26. The molecule has 5 nitrogen and oxygen atoms in total. The summed E-state index contributed by atoms with van der Waals surface area (Å²) in [5.74, 6) is -3.09. The Hall–Kier alpha value is -3.16. The Morgan fingerprint density at radius 1 is 1.36 bits per heavy atom. The number of aromatic nitrogens is 2. The van der Waals surface area contributed by atoms with Gasteiger partial charge in [0.25, 0.3) is 5.56 Å². The summed E-state index contributed by atoms with van der Waals surface area (Å²) in [6.07, 6.45) is 0.876. The first kappa shape index (κ1) is 18.2. The number of rotatable bonds is 6. The second-order valence-electron chi connectivity index (χ2n) is 5.19. The first-order chi connectivity index (χ1) is 11.8. The largest absolute Gasteiger partial charge is 0.375 e. The Bertz CT molecular complexity index is 934. The van der Waals surface area contributed by atoms with Crippen molar-refractivity contribution in [3.05, 3.63) is 75.8 Å². The molecule has 1 heterocycles. The number of benzene rings is 1. The maximum Gasteiger partial charge on any atom is 0.274 e. The van der Waals surface area contributed by atoms with Crippen molar-refractivity contribution in [1.82, 2.24) is 9.97 Å². The van der Waals surface area contributed by atoms with E-state index in [9.17, 15) is 18.0 Å². The minimum absolute atomic E-state index is 0.0361. The van der Waals surface area contributed by atoms with Crippen LogP contribution >= 0.6 is 0 Å². The fourth-order valence-corrected chi connectivity index (χ4v) is 2.17. The highest BCUT2D eigenvalue weighted by Gasteiger charge is 2.17. The Balaban J connectivity index is 2.33. The first-order valence-electron chi connectivity index (χ1n) is 7.12. The van der Waals surface area contributed by atoms with E-state index in [1.54, 1.807) is 6.92 Å². The van der Waals surface area contributed by atoms with Gasteiger partial charge in [-0.05, 0) is 6.92 Å². The molecule has 0 amide bonds. The van der Waals surface area contributed by atoms with Gasteiger partial charge in [-0.2, -0.15) is 0 Å². The maximum absolute atomic E-state index is 14.2. The number of hydrogen-bond acceptors (Lipinski definition) is 4. The van der Waals surface area contributed by atoms with E-state index in [0.717, 1.165) is 6.21 Å². The van der Waals surface area contributed by atoms with Crippen LogP contribution in [0, 0.1) is 24.0 Å². The quantitative estimate of drug-likeness (QED) is 0.552. The molecule has 0 saturated heterocycles. The summed E-state index contributed by atoms with van der Waals surface area (Å²) in [5, 5.41) is 9.92. The van der Waals surface area contributed by atoms with Gasteiger partial charge in [-0.1, -0.05) is 25.3 Å². The third kappa shape index (κ3) is 3.68. The van der Waals surface area contributed by atoms with Crippen LogP contribution < -0.4 is 10.9 Å². The topological polar surface area (TPSA) is 81.6 Å². The molecule has 0 radical (unpaired) electrons. The van der Waals surface area contributed by atoms with E-state index < -0.39 is 23.0 Å². The van der Waals surface area contributed by atoms with Gasteiger partial charge in [0.15, 0.2) is 11.6 Å². The van der Waals surface area contributed by atoms with E-state index in [-0.39, 0.29) is 34.6 Å². The number of H-pyrrole nitrogens is 1. The molecule has 0 saturated carbocycles. The zero-order chi connectivity index (χ0) is 18.7. The van der Waals surface area contributed by atoms with Gasteiger partial charge in [0, 0.05) is 29.5 Å². The SMILES string of the molecule is C=C(F)C(=C)c1ccc(CNc2c(C=N)nc(C)[nH]c2=O)c(F)c1F. The van der Waals surface area contributed by atoms with Gasteiger partial charge in [-0.25, -0.2) is 18.2 Å². The number of nitrogens with zero attached hydrogens (tertiary/aromatic N) is 1. The Labute approximate surface area is 141 Å². The zero-order valence-electron chi connectivity index (χ0n) is 13.3. The molecule has 130 valence electrons. The highest BCUT2D eigenvalue weighted by molar-refractivity contribution is 5.82. The zero-order valence-corrected chi connectivity index (χ0v) is 13.3. The van der Waals surface area contributed by atoms with Crippen molar-refractivity contribution in [3.63, 3.8) is 0 Å². The van der Waals surface area contributed by atoms with Crippen LogP contribution in [0.15, 0.2) is 35.9 Å². The molecule has 25 heavy (non-hydrogen) atoms. The average Bonchev–Trinajstić information content (AvgIpc) is 2.56. The van der Waals surface area contributed by atoms with E-state index in [2.05, 4.69) is 28.4 Å². The second kappa shape index (κ2) is 7.16. The highest BCUT2D eigenvalue weighted by Crippen LogP contribution is 2.26. The van der Waals surface area contributed by atoms with Crippen LogP contribution in [0.5, 0.6) is 0 Å². The Morgan fingerprint density at radius 3 is 2.64 bits per heavy atom. The van der Waals surface area contributed by atoms with Gasteiger partial charge >= 0.3 is 0 Å². The van der Waals surface area contributed by atoms with Crippen molar-refractivity contribution in [2.75, 3.05) is 5.32 Å². The lowest BCUT2D eigenvalue weighted by molar-refractivity contribution is 0.497. The van der Waals surface area contributed by atoms with E-state index >= 15 is 0 Å². The van der Waals surface area contributed by atoms with Crippen LogP contribution in [0.4, 0.5) is 18.9 Å². The lowest BCUT2D eigenvalue weighted by atomic mass is 10.0. The van der Waals surface area contributed by atoms with Crippen molar-refractivity contribution in [1.29, 1.82) is 5.41 Å². The summed E-state index contributed by atoms with van der Waals surface area (Å²) in [6.45, 7) is 7.64. The van der Waals surface area contributed by atoms with Crippen molar-refractivity contribution in [2.24, 2.45) is 0 Å². The molecule has 8 heteroatoms. The van der Waals surface area contributed by atoms with Gasteiger partial charge < -0.3 is 15.7 Å². The van der Waals surface area contributed by atoms with Gasteiger partial charge in [0.05, 0.1) is 0 Å². The Kier molecular flexibility index (Phi) is 5.21. The number of allylic oxidation sites excluding steroid dienone is 2. The molecule has 2 aromatic rings. The number of hydrogen-bond donors (Lipinski definition) is 3. The van der Waals surface area contributed by atoms with Crippen LogP contribution in [0.2, 0.25) is 0 Å². The fourth-order valence-electron chi connectivity index (χ4n) is 2.17. The smallest absolute Gasteiger partial charge is 0.274 e. The van der Waals surface area contributed by atoms with Crippen LogP contribution in [0.1, 0.15) is 22.6 Å². The summed E-state index contributed by atoms with van der Waals surface area (Å²) in [7, 11) is 0. The molecule has 0 aliphatic heterocycles. The van der Waals surface area contributed by atoms with Gasteiger partial charge in [-0.3, -0.25) is 4.79 Å². The predicted molar refractivity (Wildman–Crippen MR) is 90.4 cm³/mol. The molecule has 1 aromatic heterocycles. The fraction of sp³-hybridized carbons (Fsp3) is 0.118. The van der Waals surface area contributed by atoms with E-state index in [4.69, 9.17) is 5.41 Å². The lowest BCUT2D eigenvalue weighted by Crippen LogP contribution is -2.20. The summed E-state index contributed by atoms with van der Waals surface area (Å²) >= 11 is 0. The number of aromatic amines is 1. The van der Waals surface area contributed by atoms with E-state index in [0.29, 0.717) is 5.82 Å². The molecule has 0 unspecified atom stereocenters. The summed E-state index contributed by atoms with van der Waals surface area (Å²) in [6, 6.07) is 2.42. The third-order valence-electron chi connectivity index (χ3n) is 3.47. The number of anilines is 1. The minimum Gasteiger partial charge on any atom is -0.375 e. The van der Waals surface area contributed by atoms with Crippen LogP contribution in [-0.2, 0) is 6.54 Å². The highest BCUT2D eigenvalue weighted by atomic mass is 19.2. The number of aryl methyl sites for hydroxylation is 1. The monoisotopic (exact) mass is 348 g/mol. The molecule has 0 bridgehead atoms. The van der Waals surface area contributed by atoms with E-state index in [1.165, 1.54) is 12.1 Å². The summed E-state index contributed by atoms with van der Waals surface area (Å²) < 4.78 is 41.3. The van der Waals surface area contributed by atoms with Gasteiger partial charge in [0.2, 0.25) is 0 Å². The molecule has 1 aromatic carbocycles.